The zero-order chi connectivity index (χ0) is 14.5. The van der Waals surface area contributed by atoms with Crippen LogP contribution in [0.1, 0.15) is 5.56 Å². The van der Waals surface area contributed by atoms with Gasteiger partial charge < -0.3 is 11.1 Å². The molecule has 0 radical (unpaired) electrons. The molecule has 0 atom stereocenters. The summed E-state index contributed by atoms with van der Waals surface area (Å²) >= 11 is 0. The van der Waals surface area contributed by atoms with E-state index in [1.54, 1.807) is 0 Å². The van der Waals surface area contributed by atoms with Crippen LogP contribution in [0.25, 0.3) is 11.4 Å². The second kappa shape index (κ2) is 5.91. The first-order chi connectivity index (χ1) is 9.54. The van der Waals surface area contributed by atoms with Gasteiger partial charge in [0.15, 0.2) is 0 Å². The second-order valence-electron chi connectivity index (χ2n) is 4.25. The highest BCUT2D eigenvalue weighted by Gasteiger charge is 2.09. The number of carbonyl (C=O) groups is 2. The smallest absolute Gasteiger partial charge is 0.244 e. The summed E-state index contributed by atoms with van der Waals surface area (Å²) in [6.45, 7) is 1.65. The Labute approximate surface area is 115 Å². The number of benzene rings is 1. The van der Waals surface area contributed by atoms with Gasteiger partial charge in [0.05, 0.1) is 6.54 Å². The molecule has 104 valence electrons. The van der Waals surface area contributed by atoms with Crippen molar-refractivity contribution in [2.75, 3.05) is 6.54 Å². The Balaban J connectivity index is 2.00. The third-order valence-electron chi connectivity index (χ3n) is 2.51. The van der Waals surface area contributed by atoms with Crippen LogP contribution in [-0.4, -0.2) is 38.6 Å². The monoisotopic (exact) mass is 274 g/mol. The summed E-state index contributed by atoms with van der Waals surface area (Å²) in [6, 6.07) is 7.64. The molecule has 1 aromatic carbocycles. The first-order valence-corrected chi connectivity index (χ1v) is 5.94. The van der Waals surface area contributed by atoms with Gasteiger partial charge in [-0.05, 0) is 12.1 Å². The van der Waals surface area contributed by atoms with E-state index in [4.69, 9.17) is 5.73 Å². The standard InChI is InChI=1S/C12H14N6O2/c1-8-2-4-9(5-3-8)12-15-17-18(16-12)7-11(20)14-6-10(13)19/h2-5H,6-7H2,1H3,(H2,13,19)(H,14,20). The SMILES string of the molecule is Cc1ccc(-c2nnn(CC(=O)NCC(N)=O)n2)cc1. The summed E-state index contributed by atoms with van der Waals surface area (Å²) in [7, 11) is 0. The topological polar surface area (TPSA) is 116 Å². The second-order valence-corrected chi connectivity index (χ2v) is 4.25. The summed E-state index contributed by atoms with van der Waals surface area (Å²) in [5.41, 5.74) is 6.87. The minimum atomic E-state index is -0.606. The molecule has 0 spiro atoms. The van der Waals surface area contributed by atoms with Crippen LogP contribution in [0, 0.1) is 6.92 Å². The fraction of sp³-hybridized carbons (Fsp3) is 0.250. The van der Waals surface area contributed by atoms with E-state index >= 15 is 0 Å². The molecule has 0 unspecified atom stereocenters. The Bertz CT molecular complexity index is 619. The Kier molecular flexibility index (Phi) is 4.04. The van der Waals surface area contributed by atoms with Gasteiger partial charge in [0.25, 0.3) is 0 Å². The zero-order valence-electron chi connectivity index (χ0n) is 10.9. The van der Waals surface area contributed by atoms with E-state index in [2.05, 4.69) is 20.7 Å². The highest BCUT2D eigenvalue weighted by molar-refractivity contribution is 5.83. The quantitative estimate of drug-likeness (QED) is 0.744. The number of aryl methyl sites for hydroxylation is 1. The molecule has 2 amide bonds. The Morgan fingerprint density at radius 2 is 2.00 bits per heavy atom. The van der Waals surface area contributed by atoms with Gasteiger partial charge >= 0.3 is 0 Å². The van der Waals surface area contributed by atoms with Crippen molar-refractivity contribution in [3.8, 4) is 11.4 Å². The molecule has 8 heteroatoms. The lowest BCUT2D eigenvalue weighted by Gasteiger charge is -2.00. The van der Waals surface area contributed by atoms with E-state index in [0.29, 0.717) is 5.82 Å². The molecule has 0 aliphatic heterocycles. The molecule has 3 N–H and O–H groups in total. The number of nitrogens with one attached hydrogen (secondary N) is 1. The highest BCUT2D eigenvalue weighted by atomic mass is 16.2. The maximum atomic E-state index is 11.5. The number of carbonyl (C=O) groups excluding carboxylic acids is 2. The number of rotatable bonds is 5. The normalized spacial score (nSPS) is 10.2. The fourth-order valence-electron chi connectivity index (χ4n) is 1.50. The third-order valence-corrected chi connectivity index (χ3v) is 2.51. The van der Waals surface area contributed by atoms with E-state index in [-0.39, 0.29) is 13.1 Å². The zero-order valence-corrected chi connectivity index (χ0v) is 10.9. The molecular formula is C12H14N6O2. The van der Waals surface area contributed by atoms with Crippen molar-refractivity contribution in [3.63, 3.8) is 0 Å². The van der Waals surface area contributed by atoms with Gasteiger partial charge in [-0.25, -0.2) is 0 Å². The largest absolute Gasteiger partial charge is 0.368 e. The van der Waals surface area contributed by atoms with Gasteiger partial charge in [-0.1, -0.05) is 29.8 Å². The summed E-state index contributed by atoms with van der Waals surface area (Å²) < 4.78 is 0. The van der Waals surface area contributed by atoms with Crippen molar-refractivity contribution < 1.29 is 9.59 Å². The number of tetrazole rings is 1. The number of aromatic nitrogens is 4. The maximum absolute atomic E-state index is 11.5. The van der Waals surface area contributed by atoms with Gasteiger partial charge in [0, 0.05) is 5.56 Å². The van der Waals surface area contributed by atoms with E-state index in [1.807, 2.05) is 31.2 Å². The molecule has 1 aromatic heterocycles. The predicted molar refractivity (Wildman–Crippen MR) is 70.2 cm³/mol. The van der Waals surface area contributed by atoms with Crippen LogP contribution in [0.15, 0.2) is 24.3 Å². The molecule has 1 heterocycles. The molecule has 8 nitrogen and oxygen atoms in total. The summed E-state index contributed by atoms with van der Waals surface area (Å²) in [5.74, 6) is -0.574. The minimum Gasteiger partial charge on any atom is -0.368 e. The molecule has 0 saturated carbocycles. The predicted octanol–water partition coefficient (Wildman–Crippen LogP) is -0.750. The van der Waals surface area contributed by atoms with Crippen LogP contribution < -0.4 is 11.1 Å². The number of nitrogens with zero attached hydrogens (tertiary/aromatic N) is 4. The first kappa shape index (κ1) is 13.7. The lowest BCUT2D eigenvalue weighted by Crippen LogP contribution is -2.35. The molecular weight excluding hydrogens is 260 g/mol. The van der Waals surface area contributed by atoms with E-state index in [1.165, 1.54) is 0 Å². The van der Waals surface area contributed by atoms with Gasteiger partial charge in [-0.15, -0.1) is 10.2 Å². The summed E-state index contributed by atoms with van der Waals surface area (Å²) in [5, 5.41) is 14.1. The highest BCUT2D eigenvalue weighted by Crippen LogP contribution is 2.13. The van der Waals surface area contributed by atoms with Gasteiger partial charge in [-0.2, -0.15) is 4.80 Å². The van der Waals surface area contributed by atoms with E-state index < -0.39 is 11.8 Å². The number of amides is 2. The van der Waals surface area contributed by atoms with Crippen LogP contribution in [0.4, 0.5) is 0 Å². The van der Waals surface area contributed by atoms with E-state index in [9.17, 15) is 9.59 Å². The van der Waals surface area contributed by atoms with Crippen LogP contribution in [-0.2, 0) is 16.1 Å². The van der Waals surface area contributed by atoms with Crippen LogP contribution in [0.3, 0.4) is 0 Å². The van der Waals surface area contributed by atoms with Crippen LogP contribution in [0.5, 0.6) is 0 Å². The maximum Gasteiger partial charge on any atom is 0.244 e. The summed E-state index contributed by atoms with van der Waals surface area (Å²) in [6.07, 6.45) is 0. The molecule has 0 aliphatic rings. The van der Waals surface area contributed by atoms with E-state index in [0.717, 1.165) is 15.9 Å². The Morgan fingerprint density at radius 3 is 2.65 bits per heavy atom. The summed E-state index contributed by atoms with van der Waals surface area (Å²) in [4.78, 5) is 23.1. The first-order valence-electron chi connectivity index (χ1n) is 5.94. The van der Waals surface area contributed by atoms with Gasteiger partial charge in [0.2, 0.25) is 17.6 Å². The molecule has 2 rings (SSSR count). The number of nitrogens with two attached hydrogens (primary N) is 1. The van der Waals surface area contributed by atoms with Crippen molar-refractivity contribution >= 4 is 11.8 Å². The average Bonchev–Trinajstić information content (AvgIpc) is 2.85. The Morgan fingerprint density at radius 1 is 1.30 bits per heavy atom. The van der Waals surface area contributed by atoms with Crippen LogP contribution in [0.2, 0.25) is 0 Å². The minimum absolute atomic E-state index is 0.119. The fourth-order valence-corrected chi connectivity index (χ4v) is 1.50. The lowest BCUT2D eigenvalue weighted by molar-refractivity contribution is -0.125. The van der Waals surface area contributed by atoms with Crippen molar-refractivity contribution in [2.24, 2.45) is 5.73 Å². The number of hydrogen-bond donors (Lipinski definition) is 2. The molecule has 0 fully saturated rings. The van der Waals surface area contributed by atoms with Gasteiger partial charge in [0.1, 0.15) is 6.54 Å². The number of hydrogen-bond acceptors (Lipinski definition) is 5. The van der Waals surface area contributed by atoms with Crippen molar-refractivity contribution in [1.29, 1.82) is 0 Å². The average molecular weight is 274 g/mol. The molecule has 0 aliphatic carbocycles. The molecule has 2 aromatic rings. The third kappa shape index (κ3) is 3.61. The van der Waals surface area contributed by atoms with Crippen LogP contribution >= 0.6 is 0 Å². The van der Waals surface area contributed by atoms with Crippen molar-refractivity contribution in [3.05, 3.63) is 29.8 Å². The lowest BCUT2D eigenvalue weighted by atomic mass is 10.1. The Hall–Kier alpha value is -2.77. The number of primary amides is 1. The molecule has 20 heavy (non-hydrogen) atoms. The molecule has 0 bridgehead atoms. The van der Waals surface area contributed by atoms with Crippen molar-refractivity contribution in [1.82, 2.24) is 25.5 Å². The molecule has 0 saturated heterocycles. The van der Waals surface area contributed by atoms with Gasteiger partial charge in [-0.3, -0.25) is 9.59 Å². The van der Waals surface area contributed by atoms with Crippen molar-refractivity contribution in [2.45, 2.75) is 13.5 Å².